The number of fused-ring (bicyclic) bond motifs is 1. The Kier molecular flexibility index (Phi) is 9.06. The largest absolute Gasteiger partial charge is 0.488 e. The number of para-hydroxylation sites is 1. The van der Waals surface area contributed by atoms with Crippen molar-refractivity contribution in [3.8, 4) is 17.0 Å². The molecule has 2 aliphatic heterocycles. The Morgan fingerprint density at radius 1 is 1.12 bits per heavy atom. The maximum absolute atomic E-state index is 15.8. The van der Waals surface area contributed by atoms with Crippen LogP contribution in [-0.4, -0.2) is 53.2 Å². The molecule has 40 heavy (non-hydrogen) atoms. The van der Waals surface area contributed by atoms with E-state index in [0.29, 0.717) is 37.5 Å². The number of piperidine rings is 1. The van der Waals surface area contributed by atoms with Gasteiger partial charge in [0.2, 0.25) is 0 Å². The van der Waals surface area contributed by atoms with Crippen LogP contribution in [0, 0.1) is 18.7 Å². The Morgan fingerprint density at radius 2 is 1.88 bits per heavy atom. The monoisotopic (exact) mass is 565 g/mol. The number of hydrogen-bond donors (Lipinski definition) is 1. The second-order valence-electron chi connectivity index (χ2n) is 11.0. The van der Waals surface area contributed by atoms with Crippen LogP contribution in [0.3, 0.4) is 0 Å². The van der Waals surface area contributed by atoms with Crippen molar-refractivity contribution in [2.75, 3.05) is 31.1 Å². The van der Waals surface area contributed by atoms with Gasteiger partial charge in [0.05, 0.1) is 11.6 Å². The Balaban J connectivity index is 1.31. The minimum absolute atomic E-state index is 0.125. The summed E-state index contributed by atoms with van der Waals surface area (Å²) in [7, 11) is 0. The number of aromatic nitrogens is 1. The van der Waals surface area contributed by atoms with Crippen molar-refractivity contribution in [1.29, 1.82) is 0 Å². The van der Waals surface area contributed by atoms with Gasteiger partial charge in [-0.25, -0.2) is 9.37 Å². The van der Waals surface area contributed by atoms with Crippen molar-refractivity contribution in [2.45, 2.75) is 71.9 Å². The molecule has 1 N–H and O–H groups in total. The van der Waals surface area contributed by atoms with Crippen LogP contribution in [0.15, 0.2) is 35.7 Å². The first kappa shape index (κ1) is 28.6. The Hall–Kier alpha value is -2.97. The van der Waals surface area contributed by atoms with Crippen molar-refractivity contribution in [1.82, 2.24) is 9.88 Å². The summed E-state index contributed by atoms with van der Waals surface area (Å²) in [4.78, 5) is 20.9. The summed E-state index contributed by atoms with van der Waals surface area (Å²) < 4.78 is 22.1. The third-order valence-electron chi connectivity index (χ3n) is 8.66. The number of carbonyl (C=O) groups is 1. The van der Waals surface area contributed by atoms with Gasteiger partial charge in [0.25, 0.3) is 0 Å². The number of carboxylic acids is 1. The van der Waals surface area contributed by atoms with Crippen LogP contribution in [0.5, 0.6) is 5.75 Å². The van der Waals surface area contributed by atoms with Crippen molar-refractivity contribution >= 4 is 22.4 Å². The SMILES string of the molecule is CCC(CC)N1CCc2ccc(COc3c(C)cccc3-c3csc(N4CCC(C(=O)O)CC4)n3)c(F)c2CC1. The zero-order chi connectivity index (χ0) is 28.2. The van der Waals surface area contributed by atoms with Gasteiger partial charge in [-0.2, -0.15) is 0 Å². The Morgan fingerprint density at radius 3 is 2.60 bits per heavy atom. The predicted octanol–water partition coefficient (Wildman–Crippen LogP) is 6.73. The second kappa shape index (κ2) is 12.7. The Bertz CT molecular complexity index is 1330. The first-order valence-electron chi connectivity index (χ1n) is 14.6. The maximum Gasteiger partial charge on any atom is 0.306 e. The molecule has 1 fully saturated rings. The van der Waals surface area contributed by atoms with E-state index < -0.39 is 5.97 Å². The molecule has 3 heterocycles. The number of carboxylic acid groups (broad SMARTS) is 1. The van der Waals surface area contributed by atoms with E-state index in [2.05, 4.69) is 29.7 Å². The standard InChI is InChI=1S/C32H40FN3O3S/c1-4-25(5-2)35-15-11-22-9-10-24(29(33)26(22)14-18-35)19-39-30-21(3)7-6-8-27(30)28-20-40-32(34-28)36-16-12-23(13-17-36)31(37)38/h6-10,20,23,25H,4-5,11-19H2,1-3H3,(H,37,38). The van der Waals surface area contributed by atoms with Gasteiger partial charge < -0.3 is 14.7 Å². The second-order valence-corrected chi connectivity index (χ2v) is 11.9. The topological polar surface area (TPSA) is 65.9 Å². The molecule has 8 heteroatoms. The highest BCUT2D eigenvalue weighted by atomic mass is 32.1. The third-order valence-corrected chi connectivity index (χ3v) is 9.56. The lowest BCUT2D eigenvalue weighted by molar-refractivity contribution is -0.142. The van der Waals surface area contributed by atoms with Crippen LogP contribution in [0.25, 0.3) is 11.3 Å². The zero-order valence-electron chi connectivity index (χ0n) is 23.8. The smallest absolute Gasteiger partial charge is 0.306 e. The number of ether oxygens (including phenoxy) is 1. The molecule has 0 spiro atoms. The number of hydrogen-bond acceptors (Lipinski definition) is 6. The Labute approximate surface area is 240 Å². The minimum Gasteiger partial charge on any atom is -0.488 e. The fourth-order valence-corrected chi connectivity index (χ4v) is 7.05. The van der Waals surface area contributed by atoms with Crippen LogP contribution >= 0.6 is 11.3 Å². The molecule has 5 rings (SSSR count). The molecular weight excluding hydrogens is 525 g/mol. The molecule has 1 aromatic heterocycles. The fraction of sp³-hybridized carbons (Fsp3) is 0.500. The van der Waals surface area contributed by atoms with Crippen molar-refractivity contribution < 1.29 is 19.0 Å². The van der Waals surface area contributed by atoms with E-state index in [1.165, 1.54) is 0 Å². The molecule has 2 aliphatic rings. The molecule has 0 bridgehead atoms. The molecule has 0 atom stereocenters. The van der Waals surface area contributed by atoms with Gasteiger partial charge in [0.1, 0.15) is 18.2 Å². The number of aryl methyl sites for hydroxylation is 1. The van der Waals surface area contributed by atoms with E-state index in [0.717, 1.165) is 77.6 Å². The number of halogens is 1. The van der Waals surface area contributed by atoms with E-state index in [9.17, 15) is 9.90 Å². The number of aliphatic carboxylic acids is 1. The van der Waals surface area contributed by atoms with Gasteiger partial charge in [0.15, 0.2) is 5.13 Å². The van der Waals surface area contributed by atoms with Crippen LogP contribution in [0.2, 0.25) is 0 Å². The fourth-order valence-electron chi connectivity index (χ4n) is 6.17. The molecule has 0 unspecified atom stereocenters. The average Bonchev–Trinajstić information content (AvgIpc) is 3.35. The van der Waals surface area contributed by atoms with Gasteiger partial charge in [-0.05, 0) is 68.2 Å². The van der Waals surface area contributed by atoms with Crippen LogP contribution < -0.4 is 9.64 Å². The molecule has 0 saturated carbocycles. The summed E-state index contributed by atoms with van der Waals surface area (Å²) in [6.45, 7) is 9.88. The lowest BCUT2D eigenvalue weighted by atomic mass is 9.97. The van der Waals surface area contributed by atoms with Crippen molar-refractivity contribution in [3.05, 3.63) is 63.8 Å². The molecule has 1 saturated heterocycles. The number of rotatable bonds is 9. The molecule has 214 valence electrons. The number of anilines is 1. The lowest BCUT2D eigenvalue weighted by Gasteiger charge is -2.29. The molecule has 6 nitrogen and oxygen atoms in total. The summed E-state index contributed by atoms with van der Waals surface area (Å²) in [5, 5.41) is 12.2. The highest BCUT2D eigenvalue weighted by molar-refractivity contribution is 7.14. The van der Waals surface area contributed by atoms with Gasteiger partial charge in [-0.15, -0.1) is 11.3 Å². The number of nitrogens with zero attached hydrogens (tertiary/aromatic N) is 3. The van der Waals surface area contributed by atoms with E-state index in [1.54, 1.807) is 11.3 Å². The average molecular weight is 566 g/mol. The number of benzene rings is 2. The molecular formula is C32H40FN3O3S. The number of thiazole rings is 1. The van der Waals surface area contributed by atoms with Crippen molar-refractivity contribution in [2.24, 2.45) is 5.92 Å². The maximum atomic E-state index is 15.8. The van der Waals surface area contributed by atoms with Crippen molar-refractivity contribution in [3.63, 3.8) is 0 Å². The van der Waals surface area contributed by atoms with Crippen LogP contribution in [0.4, 0.5) is 9.52 Å². The molecule has 0 aliphatic carbocycles. The van der Waals surface area contributed by atoms with E-state index in [-0.39, 0.29) is 18.3 Å². The zero-order valence-corrected chi connectivity index (χ0v) is 24.6. The summed E-state index contributed by atoms with van der Waals surface area (Å²) >= 11 is 1.56. The molecule has 2 aromatic carbocycles. The predicted molar refractivity (Wildman–Crippen MR) is 159 cm³/mol. The normalized spacial score (nSPS) is 16.7. The minimum atomic E-state index is -0.712. The van der Waals surface area contributed by atoms with Crippen LogP contribution in [0.1, 0.15) is 61.8 Å². The molecule has 0 radical (unpaired) electrons. The highest BCUT2D eigenvalue weighted by Gasteiger charge is 2.27. The summed E-state index contributed by atoms with van der Waals surface area (Å²) in [5.74, 6) is -0.391. The quantitative estimate of drug-likeness (QED) is 0.311. The first-order valence-corrected chi connectivity index (χ1v) is 15.5. The molecule has 0 amide bonds. The van der Waals surface area contributed by atoms with Crippen LogP contribution in [-0.2, 0) is 24.2 Å². The third kappa shape index (κ3) is 6.03. The van der Waals surface area contributed by atoms with Gasteiger partial charge in [-0.1, -0.05) is 38.1 Å². The summed E-state index contributed by atoms with van der Waals surface area (Å²) in [6.07, 6.45) is 5.11. The lowest BCUT2D eigenvalue weighted by Crippen LogP contribution is -2.36. The molecule has 3 aromatic rings. The van der Waals surface area contributed by atoms with E-state index in [4.69, 9.17) is 9.72 Å². The van der Waals surface area contributed by atoms with Gasteiger partial charge >= 0.3 is 5.97 Å². The van der Waals surface area contributed by atoms with Gasteiger partial charge in [0, 0.05) is 48.7 Å². The summed E-state index contributed by atoms with van der Waals surface area (Å²) in [6, 6.07) is 10.5. The van der Waals surface area contributed by atoms with E-state index >= 15 is 4.39 Å². The van der Waals surface area contributed by atoms with E-state index in [1.807, 2.05) is 36.6 Å². The summed E-state index contributed by atoms with van der Waals surface area (Å²) in [5.41, 5.74) is 5.24. The van der Waals surface area contributed by atoms with Gasteiger partial charge in [-0.3, -0.25) is 9.69 Å². The highest BCUT2D eigenvalue weighted by Crippen LogP contribution is 2.37. The first-order chi connectivity index (χ1) is 19.4.